The number of halogens is 2. The highest BCUT2D eigenvalue weighted by Crippen LogP contribution is 2.25. The summed E-state index contributed by atoms with van der Waals surface area (Å²) < 4.78 is 26.2. The Balaban J connectivity index is 2.44. The van der Waals surface area contributed by atoms with Crippen LogP contribution in [0.3, 0.4) is 0 Å². The Labute approximate surface area is 104 Å². The first-order chi connectivity index (χ1) is 8.61. The van der Waals surface area contributed by atoms with Crippen molar-refractivity contribution >= 4 is 0 Å². The summed E-state index contributed by atoms with van der Waals surface area (Å²) in [6.45, 7) is 1.88. The van der Waals surface area contributed by atoms with E-state index in [9.17, 15) is 8.78 Å². The number of hydrogen-bond donors (Lipinski definition) is 2. The van der Waals surface area contributed by atoms with Gasteiger partial charge in [0.1, 0.15) is 11.6 Å². The summed E-state index contributed by atoms with van der Waals surface area (Å²) in [6.07, 6.45) is 0. The van der Waals surface area contributed by atoms with E-state index in [1.165, 1.54) is 24.3 Å². The second-order valence-corrected chi connectivity index (χ2v) is 4.15. The molecule has 0 aliphatic carbocycles. The van der Waals surface area contributed by atoms with Gasteiger partial charge in [-0.15, -0.1) is 0 Å². The van der Waals surface area contributed by atoms with E-state index in [1.54, 1.807) is 18.2 Å². The highest BCUT2D eigenvalue weighted by Gasteiger charge is 2.15. The number of hydrazine groups is 1. The van der Waals surface area contributed by atoms with Gasteiger partial charge in [0.2, 0.25) is 0 Å². The zero-order chi connectivity index (χ0) is 13.1. The minimum absolute atomic E-state index is 0.314. The molecule has 0 aromatic heterocycles. The van der Waals surface area contributed by atoms with Crippen LogP contribution in [0.4, 0.5) is 8.78 Å². The summed E-state index contributed by atoms with van der Waals surface area (Å²) in [5, 5.41) is 0. The zero-order valence-electron chi connectivity index (χ0n) is 9.95. The Morgan fingerprint density at radius 3 is 2.22 bits per heavy atom. The van der Waals surface area contributed by atoms with E-state index in [0.29, 0.717) is 0 Å². The first-order valence-electron chi connectivity index (χ1n) is 5.59. The van der Waals surface area contributed by atoms with Crippen LogP contribution in [0.1, 0.15) is 22.7 Å². The van der Waals surface area contributed by atoms with Crippen molar-refractivity contribution in [1.29, 1.82) is 0 Å². The molecule has 3 N–H and O–H groups in total. The summed E-state index contributed by atoms with van der Waals surface area (Å²) in [5.41, 5.74) is 5.08. The van der Waals surface area contributed by atoms with Gasteiger partial charge < -0.3 is 0 Å². The minimum Gasteiger partial charge on any atom is -0.271 e. The number of nitrogens with two attached hydrogens (primary N) is 1. The van der Waals surface area contributed by atoms with Crippen molar-refractivity contribution in [2.45, 2.75) is 13.0 Å². The Morgan fingerprint density at radius 1 is 1.00 bits per heavy atom. The fraction of sp³-hybridized carbons (Fsp3) is 0.143. The maximum Gasteiger partial charge on any atom is 0.123 e. The van der Waals surface area contributed by atoms with Gasteiger partial charge in [0.05, 0.1) is 6.04 Å². The van der Waals surface area contributed by atoms with E-state index in [4.69, 9.17) is 5.84 Å². The lowest BCUT2D eigenvalue weighted by Crippen LogP contribution is -2.29. The topological polar surface area (TPSA) is 38.0 Å². The third-order valence-electron chi connectivity index (χ3n) is 2.92. The van der Waals surface area contributed by atoms with Crippen molar-refractivity contribution in [2.24, 2.45) is 5.84 Å². The van der Waals surface area contributed by atoms with E-state index in [0.717, 1.165) is 16.7 Å². The van der Waals surface area contributed by atoms with Gasteiger partial charge in [0.15, 0.2) is 0 Å². The molecule has 94 valence electrons. The SMILES string of the molecule is Cc1ccc(F)cc1C(NN)c1ccc(F)cc1. The van der Waals surface area contributed by atoms with Crippen LogP contribution in [0.5, 0.6) is 0 Å². The molecule has 4 heteroatoms. The molecule has 0 saturated carbocycles. The maximum absolute atomic E-state index is 13.3. The first kappa shape index (κ1) is 12.7. The Bertz CT molecular complexity index is 538. The molecule has 2 aromatic carbocycles. The number of rotatable bonds is 3. The van der Waals surface area contributed by atoms with Crippen LogP contribution in [-0.2, 0) is 0 Å². The molecule has 0 saturated heterocycles. The molecule has 2 aromatic rings. The molecule has 0 heterocycles. The van der Waals surface area contributed by atoms with Crippen molar-refractivity contribution in [1.82, 2.24) is 5.43 Å². The van der Waals surface area contributed by atoms with E-state index >= 15 is 0 Å². The Hall–Kier alpha value is -1.78. The molecule has 0 amide bonds. The largest absolute Gasteiger partial charge is 0.271 e. The standard InChI is InChI=1S/C14H14F2N2/c1-9-2-5-12(16)8-13(9)14(18-17)10-3-6-11(15)7-4-10/h2-8,14,18H,17H2,1H3. The van der Waals surface area contributed by atoms with Gasteiger partial charge in [-0.3, -0.25) is 5.84 Å². The molecule has 0 spiro atoms. The molecule has 0 fully saturated rings. The van der Waals surface area contributed by atoms with Gasteiger partial charge >= 0.3 is 0 Å². The number of aryl methyl sites for hydroxylation is 1. The fourth-order valence-corrected chi connectivity index (χ4v) is 1.94. The van der Waals surface area contributed by atoms with Gasteiger partial charge in [-0.25, -0.2) is 14.2 Å². The molecular formula is C14H14F2N2. The summed E-state index contributed by atoms with van der Waals surface area (Å²) >= 11 is 0. The summed E-state index contributed by atoms with van der Waals surface area (Å²) in [4.78, 5) is 0. The van der Waals surface area contributed by atoms with Crippen LogP contribution in [0.2, 0.25) is 0 Å². The lowest BCUT2D eigenvalue weighted by atomic mass is 9.95. The molecular weight excluding hydrogens is 234 g/mol. The molecule has 2 nitrogen and oxygen atoms in total. The molecule has 2 rings (SSSR count). The van der Waals surface area contributed by atoms with Gasteiger partial charge in [-0.2, -0.15) is 0 Å². The number of benzene rings is 2. The van der Waals surface area contributed by atoms with Crippen molar-refractivity contribution in [3.05, 3.63) is 70.8 Å². The number of nitrogens with one attached hydrogen (secondary N) is 1. The van der Waals surface area contributed by atoms with Gasteiger partial charge in [0.25, 0.3) is 0 Å². The van der Waals surface area contributed by atoms with Gasteiger partial charge in [0, 0.05) is 0 Å². The van der Waals surface area contributed by atoms with E-state index in [-0.39, 0.29) is 17.7 Å². The smallest absolute Gasteiger partial charge is 0.123 e. The zero-order valence-corrected chi connectivity index (χ0v) is 9.95. The van der Waals surface area contributed by atoms with Crippen LogP contribution >= 0.6 is 0 Å². The predicted octanol–water partition coefficient (Wildman–Crippen LogP) is 2.83. The van der Waals surface area contributed by atoms with E-state index in [2.05, 4.69) is 5.43 Å². The molecule has 0 aliphatic rings. The van der Waals surface area contributed by atoms with Crippen molar-refractivity contribution < 1.29 is 8.78 Å². The van der Waals surface area contributed by atoms with Crippen molar-refractivity contribution in [2.75, 3.05) is 0 Å². The second kappa shape index (κ2) is 5.25. The van der Waals surface area contributed by atoms with Gasteiger partial charge in [-0.05, 0) is 47.9 Å². The lowest BCUT2D eigenvalue weighted by molar-refractivity contribution is 0.598. The summed E-state index contributed by atoms with van der Waals surface area (Å²) in [5.74, 6) is 4.89. The summed E-state index contributed by atoms with van der Waals surface area (Å²) in [7, 11) is 0. The third kappa shape index (κ3) is 2.55. The fourth-order valence-electron chi connectivity index (χ4n) is 1.94. The highest BCUT2D eigenvalue weighted by atomic mass is 19.1. The molecule has 1 unspecified atom stereocenters. The maximum atomic E-state index is 13.3. The van der Waals surface area contributed by atoms with Crippen LogP contribution in [0, 0.1) is 18.6 Å². The lowest BCUT2D eigenvalue weighted by Gasteiger charge is -2.19. The Morgan fingerprint density at radius 2 is 1.61 bits per heavy atom. The first-order valence-corrected chi connectivity index (χ1v) is 5.59. The predicted molar refractivity (Wildman–Crippen MR) is 66.7 cm³/mol. The average molecular weight is 248 g/mol. The molecule has 1 atom stereocenters. The molecule has 0 bridgehead atoms. The molecule has 18 heavy (non-hydrogen) atoms. The number of hydrogen-bond acceptors (Lipinski definition) is 2. The molecule has 0 radical (unpaired) electrons. The molecule has 0 aliphatic heterocycles. The van der Waals surface area contributed by atoms with Crippen LogP contribution in [0.25, 0.3) is 0 Å². The van der Waals surface area contributed by atoms with Crippen molar-refractivity contribution in [3.63, 3.8) is 0 Å². The van der Waals surface area contributed by atoms with Gasteiger partial charge in [-0.1, -0.05) is 18.2 Å². The quantitative estimate of drug-likeness (QED) is 0.647. The summed E-state index contributed by atoms with van der Waals surface area (Å²) in [6, 6.07) is 10.1. The Kier molecular flexibility index (Phi) is 3.69. The normalized spacial score (nSPS) is 12.4. The van der Waals surface area contributed by atoms with E-state index in [1.807, 2.05) is 6.92 Å². The average Bonchev–Trinajstić information content (AvgIpc) is 2.37. The second-order valence-electron chi connectivity index (χ2n) is 4.15. The third-order valence-corrected chi connectivity index (χ3v) is 2.92. The van der Waals surface area contributed by atoms with Crippen LogP contribution in [-0.4, -0.2) is 0 Å². The van der Waals surface area contributed by atoms with Crippen LogP contribution in [0.15, 0.2) is 42.5 Å². The van der Waals surface area contributed by atoms with Crippen LogP contribution < -0.4 is 11.3 Å². The monoisotopic (exact) mass is 248 g/mol. The highest BCUT2D eigenvalue weighted by molar-refractivity contribution is 5.37. The van der Waals surface area contributed by atoms with Crippen molar-refractivity contribution in [3.8, 4) is 0 Å². The minimum atomic E-state index is -0.360. The van der Waals surface area contributed by atoms with E-state index < -0.39 is 0 Å².